The van der Waals surface area contributed by atoms with Crippen LogP contribution < -0.4 is 5.32 Å². The monoisotopic (exact) mass is 297 g/mol. The summed E-state index contributed by atoms with van der Waals surface area (Å²) in [5.41, 5.74) is 1.66. The number of carbonyl (C=O) groups is 1. The Balaban J connectivity index is 1.37. The van der Waals surface area contributed by atoms with Crippen LogP contribution in [0.1, 0.15) is 36.2 Å². The van der Waals surface area contributed by atoms with Crippen molar-refractivity contribution in [2.75, 3.05) is 0 Å². The average Bonchev–Trinajstić information content (AvgIpc) is 3.15. The Bertz CT molecular complexity index is 818. The first-order valence-electron chi connectivity index (χ1n) is 7.31. The van der Waals surface area contributed by atoms with Crippen molar-refractivity contribution in [3.63, 3.8) is 0 Å². The molecule has 2 aromatic heterocycles. The number of aromatic amines is 1. The molecular formula is C15H15N5O2. The molecule has 0 spiro atoms. The second-order valence-corrected chi connectivity index (χ2v) is 5.49. The van der Waals surface area contributed by atoms with E-state index in [4.69, 9.17) is 4.52 Å². The lowest BCUT2D eigenvalue weighted by Crippen LogP contribution is -2.25. The molecule has 1 aliphatic carbocycles. The van der Waals surface area contributed by atoms with Crippen LogP contribution in [0.25, 0.3) is 10.9 Å². The molecule has 7 nitrogen and oxygen atoms in total. The number of fused-ring (bicyclic) bond motifs is 1. The third kappa shape index (κ3) is 2.57. The van der Waals surface area contributed by atoms with Crippen LogP contribution >= 0.6 is 0 Å². The van der Waals surface area contributed by atoms with Crippen molar-refractivity contribution in [3.8, 4) is 0 Å². The molecule has 0 saturated heterocycles. The number of nitrogens with one attached hydrogen (secondary N) is 2. The largest absolute Gasteiger partial charge is 0.347 e. The number of para-hydroxylation sites is 1. The fraction of sp³-hybridized carbons (Fsp3) is 0.333. The molecule has 0 bridgehead atoms. The zero-order chi connectivity index (χ0) is 14.9. The number of nitrogens with zero attached hydrogens (tertiary/aromatic N) is 3. The first-order chi connectivity index (χ1) is 10.8. The second-order valence-electron chi connectivity index (χ2n) is 5.49. The molecule has 3 aromatic rings. The van der Waals surface area contributed by atoms with E-state index in [0.717, 1.165) is 35.3 Å². The number of hydrogen-bond donors (Lipinski definition) is 2. The lowest BCUT2D eigenvalue weighted by atomic mass is 10.1. The zero-order valence-electron chi connectivity index (χ0n) is 11.9. The van der Waals surface area contributed by atoms with E-state index in [1.54, 1.807) is 0 Å². The van der Waals surface area contributed by atoms with Crippen LogP contribution in [0.4, 0.5) is 0 Å². The number of rotatable bonds is 5. The van der Waals surface area contributed by atoms with Gasteiger partial charge in [0.15, 0.2) is 5.82 Å². The van der Waals surface area contributed by atoms with Gasteiger partial charge in [0.05, 0.1) is 24.2 Å². The second kappa shape index (κ2) is 5.25. The molecule has 0 unspecified atom stereocenters. The maximum Gasteiger partial charge on any atom is 0.246 e. The van der Waals surface area contributed by atoms with Gasteiger partial charge >= 0.3 is 0 Å². The van der Waals surface area contributed by atoms with E-state index in [1.807, 2.05) is 24.3 Å². The van der Waals surface area contributed by atoms with Crippen molar-refractivity contribution in [3.05, 3.63) is 41.7 Å². The highest BCUT2D eigenvalue weighted by molar-refractivity contribution is 5.87. The number of H-pyrrole nitrogens is 1. The van der Waals surface area contributed by atoms with Crippen LogP contribution in [0, 0.1) is 0 Å². The first kappa shape index (κ1) is 13.0. The molecule has 4 rings (SSSR count). The molecule has 0 radical (unpaired) electrons. The Hall–Kier alpha value is -2.70. The predicted octanol–water partition coefficient (Wildman–Crippen LogP) is 1.68. The van der Waals surface area contributed by atoms with Crippen LogP contribution in [0.5, 0.6) is 0 Å². The van der Waals surface area contributed by atoms with Gasteiger partial charge in [-0.3, -0.25) is 9.89 Å². The number of benzene rings is 1. The van der Waals surface area contributed by atoms with Crippen molar-refractivity contribution in [1.82, 2.24) is 25.7 Å². The molecule has 22 heavy (non-hydrogen) atoms. The van der Waals surface area contributed by atoms with Crippen LogP contribution in [0.15, 0.2) is 28.8 Å². The van der Waals surface area contributed by atoms with Crippen molar-refractivity contribution >= 4 is 16.8 Å². The zero-order valence-corrected chi connectivity index (χ0v) is 11.9. The van der Waals surface area contributed by atoms with Crippen LogP contribution in [0.3, 0.4) is 0 Å². The minimum absolute atomic E-state index is 0.111. The molecule has 2 heterocycles. The summed E-state index contributed by atoms with van der Waals surface area (Å²) in [6, 6.07) is 7.70. The van der Waals surface area contributed by atoms with E-state index in [9.17, 15) is 4.79 Å². The maximum atomic E-state index is 12.0. The fourth-order valence-electron chi connectivity index (χ4n) is 2.39. The van der Waals surface area contributed by atoms with Crippen LogP contribution in [-0.2, 0) is 17.8 Å². The van der Waals surface area contributed by atoms with Crippen LogP contribution in [0.2, 0.25) is 0 Å². The summed E-state index contributed by atoms with van der Waals surface area (Å²) in [4.78, 5) is 16.3. The molecular weight excluding hydrogens is 282 g/mol. The maximum absolute atomic E-state index is 12.0. The van der Waals surface area contributed by atoms with Gasteiger partial charge < -0.3 is 9.84 Å². The van der Waals surface area contributed by atoms with E-state index in [0.29, 0.717) is 11.8 Å². The SMILES string of the molecule is O=C(Cc1[nH]nc2ccccc12)NCc1nc(C2CC2)no1. The minimum Gasteiger partial charge on any atom is -0.347 e. The van der Waals surface area contributed by atoms with Crippen molar-refractivity contribution in [1.29, 1.82) is 0 Å². The lowest BCUT2D eigenvalue weighted by molar-refractivity contribution is -0.120. The Morgan fingerprint density at radius 3 is 3.09 bits per heavy atom. The van der Waals surface area contributed by atoms with E-state index in [-0.39, 0.29) is 18.9 Å². The van der Waals surface area contributed by atoms with Gasteiger partial charge in [0, 0.05) is 11.3 Å². The molecule has 7 heteroatoms. The van der Waals surface area contributed by atoms with Crippen molar-refractivity contribution in [2.24, 2.45) is 0 Å². The summed E-state index contributed by atoms with van der Waals surface area (Å²) in [5.74, 6) is 1.54. The summed E-state index contributed by atoms with van der Waals surface area (Å²) in [5, 5.41) is 14.8. The standard InChI is InChI=1S/C15H15N5O2/c21-13(7-12-10-3-1-2-4-11(10)18-19-12)16-8-14-17-15(20-22-14)9-5-6-9/h1-4,9H,5-8H2,(H,16,21)(H,18,19). The molecule has 1 fully saturated rings. The molecule has 0 atom stereocenters. The third-order valence-electron chi connectivity index (χ3n) is 3.74. The lowest BCUT2D eigenvalue weighted by Gasteiger charge is -2.01. The number of carbonyl (C=O) groups excluding carboxylic acids is 1. The molecule has 2 N–H and O–H groups in total. The van der Waals surface area contributed by atoms with Gasteiger partial charge in [0.2, 0.25) is 11.8 Å². The van der Waals surface area contributed by atoms with Gasteiger partial charge in [-0.25, -0.2) is 0 Å². The van der Waals surface area contributed by atoms with Gasteiger partial charge in [-0.1, -0.05) is 23.4 Å². The van der Waals surface area contributed by atoms with Gasteiger partial charge in [-0.05, 0) is 18.9 Å². The van der Waals surface area contributed by atoms with Gasteiger partial charge in [-0.2, -0.15) is 10.1 Å². The number of aromatic nitrogens is 4. The highest BCUT2D eigenvalue weighted by Gasteiger charge is 2.28. The minimum atomic E-state index is -0.111. The Morgan fingerprint density at radius 2 is 2.23 bits per heavy atom. The molecule has 1 aromatic carbocycles. The van der Waals surface area contributed by atoms with Crippen molar-refractivity contribution in [2.45, 2.75) is 31.7 Å². The Labute approximate surface area is 126 Å². The van der Waals surface area contributed by atoms with Crippen molar-refractivity contribution < 1.29 is 9.32 Å². The average molecular weight is 297 g/mol. The van der Waals surface area contributed by atoms with E-state index in [2.05, 4.69) is 25.7 Å². The molecule has 0 aliphatic heterocycles. The summed E-state index contributed by atoms with van der Waals surface area (Å²) in [7, 11) is 0. The van der Waals surface area contributed by atoms with Gasteiger partial charge in [0.1, 0.15) is 0 Å². The molecule has 1 amide bonds. The van der Waals surface area contributed by atoms with Gasteiger partial charge in [0.25, 0.3) is 0 Å². The van der Waals surface area contributed by atoms with Gasteiger partial charge in [-0.15, -0.1) is 0 Å². The Kier molecular flexibility index (Phi) is 3.10. The summed E-state index contributed by atoms with van der Waals surface area (Å²) >= 11 is 0. The third-order valence-corrected chi connectivity index (χ3v) is 3.74. The smallest absolute Gasteiger partial charge is 0.246 e. The summed E-state index contributed by atoms with van der Waals surface area (Å²) in [6.07, 6.45) is 2.49. The van der Waals surface area contributed by atoms with E-state index >= 15 is 0 Å². The predicted molar refractivity (Wildman–Crippen MR) is 77.9 cm³/mol. The molecule has 112 valence electrons. The highest BCUT2D eigenvalue weighted by atomic mass is 16.5. The van der Waals surface area contributed by atoms with E-state index < -0.39 is 0 Å². The molecule has 1 saturated carbocycles. The number of hydrogen-bond acceptors (Lipinski definition) is 5. The topological polar surface area (TPSA) is 96.7 Å². The summed E-state index contributed by atoms with van der Waals surface area (Å²) in [6.45, 7) is 0.255. The summed E-state index contributed by atoms with van der Waals surface area (Å²) < 4.78 is 5.13. The number of amides is 1. The normalized spacial score (nSPS) is 14.4. The highest BCUT2D eigenvalue weighted by Crippen LogP contribution is 2.38. The first-order valence-corrected chi connectivity index (χ1v) is 7.31. The quantitative estimate of drug-likeness (QED) is 0.747. The van der Waals surface area contributed by atoms with E-state index in [1.165, 1.54) is 0 Å². The fourth-order valence-corrected chi connectivity index (χ4v) is 2.39. The molecule has 1 aliphatic rings. The van der Waals surface area contributed by atoms with Crippen LogP contribution in [-0.4, -0.2) is 26.2 Å². The Morgan fingerprint density at radius 1 is 1.36 bits per heavy atom.